The topological polar surface area (TPSA) is 12.4 Å². The number of allylic oxidation sites excluding steroid dienone is 1. The summed E-state index contributed by atoms with van der Waals surface area (Å²) in [6.07, 6.45) is 1.01. The van der Waals surface area contributed by atoms with Crippen molar-refractivity contribution >= 4 is 5.71 Å². The van der Waals surface area contributed by atoms with Crippen LogP contribution in [0.2, 0.25) is 0 Å². The second kappa shape index (κ2) is 3.65. The Morgan fingerprint density at radius 1 is 1.47 bits per heavy atom. The van der Waals surface area contributed by atoms with Crippen LogP contribution in [-0.4, -0.2) is 18.2 Å². The number of aliphatic imine (C=N–C) groups is 1. The fourth-order valence-electron chi connectivity index (χ4n) is 1.45. The fraction of sp³-hybridized carbons (Fsp3) is 0.727. The average Bonchev–Trinajstić information content (AvgIpc) is 2.00. The highest BCUT2D eigenvalue weighted by Gasteiger charge is 2.46. The van der Waals surface area contributed by atoms with Crippen molar-refractivity contribution in [2.24, 2.45) is 16.3 Å². The Morgan fingerprint density at radius 3 is 2.33 bits per heavy atom. The van der Waals surface area contributed by atoms with E-state index in [1.807, 2.05) is 0 Å². The third-order valence-corrected chi connectivity index (χ3v) is 2.82. The Kier molecular flexibility index (Phi) is 2.99. The van der Waals surface area contributed by atoms with Crippen LogP contribution in [0.5, 0.6) is 0 Å². The standard InChI is InChI=1S/C11H16F3N/c1-7(2)9-8(12)5-10(3,6-15-9)11(4,13)14/h5,7H,6H2,1-4H3. The zero-order chi connectivity index (χ0) is 11.9. The van der Waals surface area contributed by atoms with Crippen LogP contribution in [0.3, 0.4) is 0 Å². The Bertz CT molecular complexity index is 312. The zero-order valence-electron chi connectivity index (χ0n) is 9.44. The van der Waals surface area contributed by atoms with Crippen LogP contribution in [0.25, 0.3) is 0 Å². The van der Waals surface area contributed by atoms with E-state index < -0.39 is 17.2 Å². The third-order valence-electron chi connectivity index (χ3n) is 2.82. The molecule has 1 aliphatic rings. The lowest BCUT2D eigenvalue weighted by Gasteiger charge is -2.34. The molecule has 0 aromatic rings. The first-order valence-corrected chi connectivity index (χ1v) is 4.98. The summed E-state index contributed by atoms with van der Waals surface area (Å²) in [5.74, 6) is -3.65. The molecule has 0 saturated carbocycles. The van der Waals surface area contributed by atoms with E-state index in [1.165, 1.54) is 6.92 Å². The summed E-state index contributed by atoms with van der Waals surface area (Å²) in [6, 6.07) is 0. The normalized spacial score (nSPS) is 27.7. The van der Waals surface area contributed by atoms with E-state index in [0.717, 1.165) is 13.0 Å². The molecule has 0 radical (unpaired) electrons. The highest BCUT2D eigenvalue weighted by Crippen LogP contribution is 2.41. The van der Waals surface area contributed by atoms with Crippen molar-refractivity contribution in [1.82, 2.24) is 0 Å². The monoisotopic (exact) mass is 219 g/mol. The van der Waals surface area contributed by atoms with E-state index in [1.54, 1.807) is 13.8 Å². The van der Waals surface area contributed by atoms with Crippen molar-refractivity contribution < 1.29 is 13.2 Å². The van der Waals surface area contributed by atoms with Gasteiger partial charge in [0.25, 0.3) is 5.92 Å². The van der Waals surface area contributed by atoms with Gasteiger partial charge < -0.3 is 0 Å². The minimum absolute atomic E-state index is 0.0581. The molecule has 4 heteroatoms. The fourth-order valence-corrected chi connectivity index (χ4v) is 1.45. The zero-order valence-corrected chi connectivity index (χ0v) is 9.44. The summed E-state index contributed by atoms with van der Waals surface area (Å²) in [5.41, 5.74) is -1.22. The summed E-state index contributed by atoms with van der Waals surface area (Å²) in [5, 5.41) is 0. The Balaban J connectivity index is 3.01. The summed E-state index contributed by atoms with van der Waals surface area (Å²) in [4.78, 5) is 3.92. The van der Waals surface area contributed by atoms with Crippen molar-refractivity contribution in [3.63, 3.8) is 0 Å². The van der Waals surface area contributed by atoms with Gasteiger partial charge in [-0.05, 0) is 18.9 Å². The lowest BCUT2D eigenvalue weighted by atomic mass is 9.81. The molecule has 0 aromatic heterocycles. The van der Waals surface area contributed by atoms with E-state index in [-0.39, 0.29) is 18.2 Å². The van der Waals surface area contributed by atoms with Crippen LogP contribution < -0.4 is 0 Å². The molecular weight excluding hydrogens is 203 g/mol. The lowest BCUT2D eigenvalue weighted by molar-refractivity contribution is -0.0688. The Morgan fingerprint density at radius 2 is 2.00 bits per heavy atom. The number of hydrogen-bond donors (Lipinski definition) is 0. The van der Waals surface area contributed by atoms with Gasteiger partial charge in [-0.1, -0.05) is 13.8 Å². The molecule has 1 rings (SSSR count). The summed E-state index contributed by atoms with van der Waals surface area (Å²) in [7, 11) is 0. The number of halogens is 3. The van der Waals surface area contributed by atoms with Crippen molar-refractivity contribution in [3.05, 3.63) is 11.9 Å². The lowest BCUT2D eigenvalue weighted by Crippen LogP contribution is -2.40. The number of rotatable bonds is 2. The molecule has 1 atom stereocenters. The highest BCUT2D eigenvalue weighted by molar-refractivity contribution is 6.00. The van der Waals surface area contributed by atoms with E-state index in [9.17, 15) is 13.2 Å². The van der Waals surface area contributed by atoms with Crippen LogP contribution in [0.1, 0.15) is 27.7 Å². The van der Waals surface area contributed by atoms with Crippen LogP contribution in [0.4, 0.5) is 13.2 Å². The molecule has 1 unspecified atom stereocenters. The Labute approximate surface area is 88.1 Å². The summed E-state index contributed by atoms with van der Waals surface area (Å²) >= 11 is 0. The molecule has 0 spiro atoms. The maximum absolute atomic E-state index is 13.5. The molecule has 0 saturated heterocycles. The van der Waals surface area contributed by atoms with Gasteiger partial charge in [0.1, 0.15) is 5.83 Å². The van der Waals surface area contributed by atoms with Crippen molar-refractivity contribution in [3.8, 4) is 0 Å². The third kappa shape index (κ3) is 2.24. The molecule has 0 fully saturated rings. The minimum Gasteiger partial charge on any atom is -0.285 e. The summed E-state index contributed by atoms with van der Waals surface area (Å²) in [6.45, 7) is 5.65. The molecule has 1 heterocycles. The molecule has 0 amide bonds. The number of alkyl halides is 2. The van der Waals surface area contributed by atoms with Gasteiger partial charge in [-0.3, -0.25) is 4.99 Å². The maximum Gasteiger partial charge on any atom is 0.255 e. The van der Waals surface area contributed by atoms with Gasteiger partial charge in [-0.15, -0.1) is 0 Å². The molecule has 86 valence electrons. The average molecular weight is 219 g/mol. The SMILES string of the molecule is CC(C)C1=NCC(C)(C(C)(F)F)C=C1F. The molecule has 0 aliphatic carbocycles. The molecular formula is C11H16F3N. The van der Waals surface area contributed by atoms with Gasteiger partial charge in [-0.2, -0.15) is 0 Å². The van der Waals surface area contributed by atoms with Crippen molar-refractivity contribution in [1.29, 1.82) is 0 Å². The maximum atomic E-state index is 13.5. The van der Waals surface area contributed by atoms with E-state index in [0.29, 0.717) is 0 Å². The van der Waals surface area contributed by atoms with Crippen LogP contribution in [0, 0.1) is 11.3 Å². The number of hydrogen-bond acceptors (Lipinski definition) is 1. The van der Waals surface area contributed by atoms with Gasteiger partial charge in [0.2, 0.25) is 0 Å². The van der Waals surface area contributed by atoms with Crippen LogP contribution >= 0.6 is 0 Å². The molecule has 0 bridgehead atoms. The second-order valence-corrected chi connectivity index (χ2v) is 4.65. The molecule has 0 N–H and O–H groups in total. The van der Waals surface area contributed by atoms with Crippen molar-refractivity contribution in [2.75, 3.05) is 6.54 Å². The molecule has 1 nitrogen and oxygen atoms in total. The number of dihydropyridines is 1. The number of nitrogens with zero attached hydrogens (tertiary/aromatic N) is 1. The Hall–Kier alpha value is -0.800. The minimum atomic E-state index is -2.96. The van der Waals surface area contributed by atoms with Crippen LogP contribution in [-0.2, 0) is 0 Å². The van der Waals surface area contributed by atoms with E-state index in [2.05, 4.69) is 4.99 Å². The summed E-state index contributed by atoms with van der Waals surface area (Å²) < 4.78 is 39.9. The second-order valence-electron chi connectivity index (χ2n) is 4.65. The van der Waals surface area contributed by atoms with Crippen LogP contribution in [0.15, 0.2) is 16.9 Å². The first kappa shape index (κ1) is 12.3. The molecule has 1 aliphatic heterocycles. The predicted octanol–water partition coefficient (Wildman–Crippen LogP) is 3.61. The first-order valence-electron chi connectivity index (χ1n) is 4.98. The highest BCUT2D eigenvalue weighted by atomic mass is 19.3. The molecule has 0 aromatic carbocycles. The van der Waals surface area contributed by atoms with Gasteiger partial charge in [0, 0.05) is 6.92 Å². The van der Waals surface area contributed by atoms with Gasteiger partial charge >= 0.3 is 0 Å². The smallest absolute Gasteiger partial charge is 0.255 e. The van der Waals surface area contributed by atoms with Gasteiger partial charge in [0.15, 0.2) is 0 Å². The van der Waals surface area contributed by atoms with E-state index in [4.69, 9.17) is 0 Å². The predicted molar refractivity (Wildman–Crippen MR) is 55.1 cm³/mol. The first-order chi connectivity index (χ1) is 6.67. The van der Waals surface area contributed by atoms with Gasteiger partial charge in [-0.25, -0.2) is 13.2 Å². The quantitative estimate of drug-likeness (QED) is 0.672. The van der Waals surface area contributed by atoms with Gasteiger partial charge in [0.05, 0.1) is 17.7 Å². The molecule has 15 heavy (non-hydrogen) atoms. The van der Waals surface area contributed by atoms with Crippen molar-refractivity contribution in [2.45, 2.75) is 33.6 Å². The largest absolute Gasteiger partial charge is 0.285 e. The van der Waals surface area contributed by atoms with E-state index >= 15 is 0 Å².